The van der Waals surface area contributed by atoms with E-state index in [-0.39, 0.29) is 10.2 Å². The summed E-state index contributed by atoms with van der Waals surface area (Å²) in [6.07, 6.45) is 1.15. The maximum Gasteiger partial charge on any atom is 0.139 e. The van der Waals surface area contributed by atoms with E-state index in [2.05, 4.69) is 15.9 Å². The number of rotatable bonds is 1. The zero-order valence-electron chi connectivity index (χ0n) is 5.97. The topological polar surface area (TPSA) is 43.1 Å². The highest BCUT2D eigenvalue weighted by Crippen LogP contribution is 2.22. The molecule has 0 aliphatic carbocycles. The van der Waals surface area contributed by atoms with Crippen molar-refractivity contribution in [3.8, 4) is 0 Å². The van der Waals surface area contributed by atoms with Gasteiger partial charge in [-0.3, -0.25) is 0 Å². The van der Waals surface area contributed by atoms with E-state index in [1.807, 2.05) is 0 Å². The van der Waals surface area contributed by atoms with Crippen molar-refractivity contribution in [1.29, 1.82) is 0 Å². The number of hydrogen-bond acceptors (Lipinski definition) is 2. The summed E-state index contributed by atoms with van der Waals surface area (Å²) < 4.78 is 13.0. The predicted molar refractivity (Wildman–Crippen MR) is 48.7 cm³/mol. The first-order valence-electron chi connectivity index (χ1n) is 3.10. The minimum atomic E-state index is -0.449. The number of hydrogen-bond donors (Lipinski definition) is 1. The van der Waals surface area contributed by atoms with E-state index >= 15 is 0 Å². The fourth-order valence-corrected chi connectivity index (χ4v) is 1.13. The third-order valence-corrected chi connectivity index (χ3v) is 1.95. The second kappa shape index (κ2) is 3.52. The molecule has 0 aliphatic heterocycles. The van der Waals surface area contributed by atoms with Crippen LogP contribution >= 0.6 is 15.9 Å². The highest BCUT2D eigenvalue weighted by Gasteiger charge is 2.03. The van der Waals surface area contributed by atoms with Crippen LogP contribution in [-0.2, 0) is 4.79 Å². The Labute approximate surface area is 77.0 Å². The van der Waals surface area contributed by atoms with Gasteiger partial charge in [0.2, 0.25) is 0 Å². The van der Waals surface area contributed by atoms with Crippen LogP contribution < -0.4 is 5.73 Å². The van der Waals surface area contributed by atoms with Crippen LogP contribution in [0.25, 0.3) is 6.08 Å². The molecule has 0 aliphatic rings. The Morgan fingerprint density at radius 2 is 2.25 bits per heavy atom. The summed E-state index contributed by atoms with van der Waals surface area (Å²) in [5.41, 5.74) is 6.08. The van der Waals surface area contributed by atoms with Gasteiger partial charge in [-0.2, -0.15) is 0 Å². The van der Waals surface area contributed by atoms with Gasteiger partial charge in [-0.15, -0.1) is 0 Å². The molecule has 0 spiro atoms. The molecule has 1 aromatic rings. The second-order valence-electron chi connectivity index (χ2n) is 2.16. The average molecular weight is 230 g/mol. The van der Waals surface area contributed by atoms with E-state index in [1.54, 1.807) is 5.94 Å². The number of nitrogens with two attached hydrogens (primary N) is 1. The van der Waals surface area contributed by atoms with Gasteiger partial charge in [-0.25, -0.2) is 9.18 Å². The predicted octanol–water partition coefficient (Wildman–Crippen LogP) is 2.02. The van der Waals surface area contributed by atoms with Crippen molar-refractivity contribution in [2.24, 2.45) is 0 Å². The normalized spacial score (nSPS) is 9.17. The van der Waals surface area contributed by atoms with Crippen molar-refractivity contribution in [2.75, 3.05) is 5.73 Å². The quantitative estimate of drug-likeness (QED) is 0.592. The average Bonchev–Trinajstić information content (AvgIpc) is 2.01. The van der Waals surface area contributed by atoms with Crippen LogP contribution in [0, 0.1) is 5.82 Å². The lowest BCUT2D eigenvalue weighted by Gasteiger charge is -2.00. The Hall–Kier alpha value is -1.12. The molecule has 2 N–H and O–H groups in total. The lowest BCUT2D eigenvalue weighted by atomic mass is 10.2. The molecule has 0 radical (unpaired) electrons. The molecule has 12 heavy (non-hydrogen) atoms. The standard InChI is InChI=1S/C8H5BrFNO/c9-6-3-5(1-2-12)8(11)4-7(6)10/h1,3-4H,11H2. The molecule has 1 aromatic carbocycles. The second-order valence-corrected chi connectivity index (χ2v) is 3.01. The summed E-state index contributed by atoms with van der Waals surface area (Å²) in [6.45, 7) is 0. The van der Waals surface area contributed by atoms with Crippen molar-refractivity contribution < 1.29 is 9.18 Å². The Morgan fingerprint density at radius 3 is 2.83 bits per heavy atom. The molecular formula is C8H5BrFNO. The summed E-state index contributed by atoms with van der Waals surface area (Å²) in [5, 5.41) is 0. The van der Waals surface area contributed by atoms with Crippen molar-refractivity contribution >= 4 is 33.6 Å². The summed E-state index contributed by atoms with van der Waals surface area (Å²) in [7, 11) is 0. The summed E-state index contributed by atoms with van der Waals surface area (Å²) in [5.74, 6) is 1.12. The van der Waals surface area contributed by atoms with Gasteiger partial charge in [0, 0.05) is 17.3 Å². The molecule has 0 heterocycles. The highest BCUT2D eigenvalue weighted by atomic mass is 79.9. The van der Waals surface area contributed by atoms with E-state index in [1.165, 1.54) is 6.07 Å². The first-order chi connectivity index (χ1) is 5.65. The van der Waals surface area contributed by atoms with Crippen LogP contribution in [0.2, 0.25) is 0 Å². The van der Waals surface area contributed by atoms with Crippen molar-refractivity contribution in [3.63, 3.8) is 0 Å². The van der Waals surface area contributed by atoms with Crippen LogP contribution in [0.5, 0.6) is 0 Å². The van der Waals surface area contributed by atoms with Gasteiger partial charge in [0.15, 0.2) is 0 Å². The minimum absolute atomic E-state index is 0.221. The summed E-state index contributed by atoms with van der Waals surface area (Å²) in [6, 6.07) is 2.57. The molecule has 0 bridgehead atoms. The summed E-state index contributed by atoms with van der Waals surface area (Å²) in [4.78, 5) is 9.98. The monoisotopic (exact) mass is 229 g/mol. The molecule has 2 nitrogen and oxygen atoms in total. The Kier molecular flexibility index (Phi) is 2.63. The summed E-state index contributed by atoms with van der Waals surface area (Å²) >= 11 is 2.97. The van der Waals surface area contributed by atoms with Crippen molar-refractivity contribution in [2.45, 2.75) is 0 Å². The SMILES string of the molecule is Nc1cc(F)c(Br)cc1C=C=O. The first kappa shape index (κ1) is 8.97. The fourth-order valence-electron chi connectivity index (χ4n) is 0.766. The number of halogens is 2. The zero-order valence-corrected chi connectivity index (χ0v) is 7.56. The molecule has 0 aromatic heterocycles. The van der Waals surface area contributed by atoms with Crippen molar-refractivity contribution in [3.05, 3.63) is 28.0 Å². The van der Waals surface area contributed by atoms with Crippen molar-refractivity contribution in [1.82, 2.24) is 0 Å². The van der Waals surface area contributed by atoms with Crippen LogP contribution in [0.15, 0.2) is 16.6 Å². The Balaban J connectivity index is 3.32. The number of benzene rings is 1. The maximum absolute atomic E-state index is 12.8. The minimum Gasteiger partial charge on any atom is -0.398 e. The van der Waals surface area contributed by atoms with Crippen LogP contribution in [0.3, 0.4) is 0 Å². The van der Waals surface area contributed by atoms with Gasteiger partial charge >= 0.3 is 0 Å². The van der Waals surface area contributed by atoms with Crippen LogP contribution in [0.1, 0.15) is 5.56 Å². The highest BCUT2D eigenvalue weighted by molar-refractivity contribution is 9.10. The van der Waals surface area contributed by atoms with E-state index in [4.69, 9.17) is 5.73 Å². The molecule has 0 atom stereocenters. The molecular weight excluding hydrogens is 225 g/mol. The van der Waals surface area contributed by atoms with Gasteiger partial charge in [-0.1, -0.05) is 0 Å². The van der Waals surface area contributed by atoms with E-state index in [0.717, 1.165) is 12.1 Å². The van der Waals surface area contributed by atoms with Crippen LogP contribution in [-0.4, -0.2) is 5.94 Å². The lowest BCUT2D eigenvalue weighted by Crippen LogP contribution is -1.91. The van der Waals surface area contributed by atoms with Gasteiger partial charge < -0.3 is 5.73 Å². The number of nitrogen functional groups attached to an aromatic ring is 1. The molecule has 0 saturated heterocycles. The van der Waals surface area contributed by atoms with Gasteiger partial charge in [0.05, 0.1) is 4.47 Å². The zero-order chi connectivity index (χ0) is 9.14. The maximum atomic E-state index is 12.8. The van der Waals surface area contributed by atoms with E-state index in [9.17, 15) is 9.18 Å². The molecule has 62 valence electrons. The third-order valence-electron chi connectivity index (χ3n) is 1.34. The molecule has 0 saturated carbocycles. The fraction of sp³-hybridized carbons (Fsp3) is 0. The Morgan fingerprint density at radius 1 is 1.58 bits per heavy atom. The molecule has 4 heteroatoms. The number of carbonyl (C=O) groups excluding carboxylic acids is 1. The lowest BCUT2D eigenvalue weighted by molar-refractivity contribution is 0.570. The Bertz CT molecular complexity index is 358. The molecule has 0 unspecified atom stereocenters. The van der Waals surface area contributed by atoms with E-state index in [0.29, 0.717) is 5.56 Å². The van der Waals surface area contributed by atoms with E-state index < -0.39 is 5.82 Å². The first-order valence-corrected chi connectivity index (χ1v) is 3.90. The third kappa shape index (κ3) is 1.72. The smallest absolute Gasteiger partial charge is 0.139 e. The molecule has 0 fully saturated rings. The largest absolute Gasteiger partial charge is 0.398 e. The van der Waals surface area contributed by atoms with Gasteiger partial charge in [0.25, 0.3) is 0 Å². The molecule has 1 rings (SSSR count). The van der Waals surface area contributed by atoms with Crippen LogP contribution in [0.4, 0.5) is 10.1 Å². The number of anilines is 1. The van der Waals surface area contributed by atoms with Gasteiger partial charge in [0.1, 0.15) is 11.8 Å². The molecule has 0 amide bonds. The van der Waals surface area contributed by atoms with Gasteiger partial charge in [-0.05, 0) is 28.1 Å².